The third kappa shape index (κ3) is 5.30. The summed E-state index contributed by atoms with van der Waals surface area (Å²) in [5.74, 6) is -0.633. The van der Waals surface area contributed by atoms with Gasteiger partial charge in [0.25, 0.3) is 11.5 Å². The Bertz CT molecular complexity index is 1710. The average molecular weight is 589 g/mol. The minimum atomic E-state index is -0.569. The van der Waals surface area contributed by atoms with Gasteiger partial charge in [0.1, 0.15) is 23.5 Å². The monoisotopic (exact) mass is 587 g/mol. The van der Waals surface area contributed by atoms with E-state index in [2.05, 4.69) is 15.4 Å². The van der Waals surface area contributed by atoms with Crippen LogP contribution in [0.2, 0.25) is 14.4 Å². The minimum Gasteiger partial charge on any atom is -0.451 e. The second-order valence-electron chi connectivity index (χ2n) is 7.94. The third-order valence-corrected chi connectivity index (χ3v) is 7.36. The quantitative estimate of drug-likeness (QED) is 0.224. The van der Waals surface area contributed by atoms with Gasteiger partial charge in [-0.05, 0) is 30.3 Å². The number of carbonyl (C=O) groups is 2. The number of Topliss-reactive ketones (excluding diaryl/α,β-unsaturated/α-hetero) is 1. The first-order valence-electron chi connectivity index (χ1n) is 11.0. The molecule has 9 nitrogen and oxygen atoms in total. The van der Waals surface area contributed by atoms with Gasteiger partial charge in [0.2, 0.25) is 5.78 Å². The van der Waals surface area contributed by atoms with Crippen molar-refractivity contribution >= 4 is 63.6 Å². The molecule has 1 aromatic carbocycles. The number of aromatic nitrogens is 4. The molecule has 0 unspecified atom stereocenters. The maximum atomic E-state index is 13.4. The van der Waals surface area contributed by atoms with Crippen molar-refractivity contribution in [2.45, 2.75) is 13.1 Å². The van der Waals surface area contributed by atoms with Gasteiger partial charge in [-0.25, -0.2) is 4.98 Å². The van der Waals surface area contributed by atoms with Gasteiger partial charge >= 0.3 is 0 Å². The SMILES string of the molecule is O=C(Cn1ccc(Cl)c(-c2cc(NCc3ccc(Cl)s3)n(C(=O)c3ccccc3Cl)n2)c1=O)c1cocn1. The molecule has 0 amide bonds. The molecule has 0 spiro atoms. The normalized spacial score (nSPS) is 11.0. The smallest absolute Gasteiger partial charge is 0.281 e. The van der Waals surface area contributed by atoms with Crippen molar-refractivity contribution < 1.29 is 14.0 Å². The summed E-state index contributed by atoms with van der Waals surface area (Å²) >= 11 is 20.1. The van der Waals surface area contributed by atoms with Crippen LogP contribution < -0.4 is 10.9 Å². The van der Waals surface area contributed by atoms with Crippen molar-refractivity contribution in [1.29, 1.82) is 0 Å². The van der Waals surface area contributed by atoms with Gasteiger partial charge in [0.05, 0.1) is 38.6 Å². The van der Waals surface area contributed by atoms with E-state index in [0.29, 0.717) is 16.7 Å². The number of pyridine rings is 1. The highest BCUT2D eigenvalue weighted by Crippen LogP contribution is 2.28. The van der Waals surface area contributed by atoms with Gasteiger partial charge in [-0.3, -0.25) is 14.4 Å². The highest BCUT2D eigenvalue weighted by molar-refractivity contribution is 7.16. The number of benzene rings is 1. The van der Waals surface area contributed by atoms with Crippen LogP contribution in [0.5, 0.6) is 0 Å². The Kier molecular flexibility index (Phi) is 7.48. The van der Waals surface area contributed by atoms with Crippen LogP contribution in [0.1, 0.15) is 25.7 Å². The van der Waals surface area contributed by atoms with E-state index >= 15 is 0 Å². The van der Waals surface area contributed by atoms with E-state index < -0.39 is 17.2 Å². The molecule has 0 aliphatic heterocycles. The highest BCUT2D eigenvalue weighted by atomic mass is 35.5. The lowest BCUT2D eigenvalue weighted by Gasteiger charge is -2.09. The molecule has 0 saturated carbocycles. The summed E-state index contributed by atoms with van der Waals surface area (Å²) in [5, 5.41) is 7.94. The maximum Gasteiger partial charge on any atom is 0.281 e. The lowest BCUT2D eigenvalue weighted by molar-refractivity contribution is 0.0945. The molecule has 192 valence electrons. The number of thiophene rings is 1. The molecule has 0 aliphatic rings. The van der Waals surface area contributed by atoms with Crippen molar-refractivity contribution in [1.82, 2.24) is 19.3 Å². The molecule has 0 saturated heterocycles. The summed E-state index contributed by atoms with van der Waals surface area (Å²) < 4.78 is 7.78. The molecule has 1 N–H and O–H groups in total. The molecular formula is C25H16Cl3N5O4S. The van der Waals surface area contributed by atoms with E-state index in [0.717, 1.165) is 16.0 Å². The summed E-state index contributed by atoms with van der Waals surface area (Å²) in [6.07, 6.45) is 3.73. The fourth-order valence-electron chi connectivity index (χ4n) is 3.65. The summed E-state index contributed by atoms with van der Waals surface area (Å²) in [6.45, 7) is 0.0519. The number of oxazole rings is 1. The molecule has 0 bridgehead atoms. The summed E-state index contributed by atoms with van der Waals surface area (Å²) in [5.41, 5.74) is -0.102. The molecule has 4 aromatic heterocycles. The fraction of sp³-hybridized carbons (Fsp3) is 0.0800. The Morgan fingerprint density at radius 2 is 1.87 bits per heavy atom. The molecule has 5 rings (SSSR count). The second-order valence-corrected chi connectivity index (χ2v) is 10.6. The predicted molar refractivity (Wildman–Crippen MR) is 146 cm³/mol. The molecule has 0 aliphatic carbocycles. The average Bonchev–Trinajstić information content (AvgIpc) is 3.66. The Morgan fingerprint density at radius 1 is 1.05 bits per heavy atom. The van der Waals surface area contributed by atoms with Gasteiger partial charge in [-0.2, -0.15) is 9.78 Å². The van der Waals surface area contributed by atoms with Gasteiger partial charge in [0.15, 0.2) is 6.39 Å². The number of ketones is 1. The van der Waals surface area contributed by atoms with E-state index in [4.69, 9.17) is 39.2 Å². The topological polar surface area (TPSA) is 112 Å². The second kappa shape index (κ2) is 11.0. The first-order valence-corrected chi connectivity index (χ1v) is 12.9. The standard InChI is InChI=1S/C25H16Cl3N5O4S/c26-16-4-2-1-3-15(16)24(35)33-22(29-10-14-5-6-21(28)38-14)9-18(31-33)23-17(27)7-8-32(25(23)36)11-20(34)19-12-37-13-30-19/h1-9,12-13,29H,10-11H2. The van der Waals surface area contributed by atoms with Crippen LogP contribution in [0.15, 0.2) is 76.6 Å². The van der Waals surface area contributed by atoms with Crippen molar-refractivity contribution in [3.63, 3.8) is 0 Å². The van der Waals surface area contributed by atoms with Crippen LogP contribution in [0.3, 0.4) is 0 Å². The van der Waals surface area contributed by atoms with Crippen LogP contribution in [-0.2, 0) is 13.1 Å². The zero-order valence-corrected chi connectivity index (χ0v) is 22.3. The molecule has 0 atom stereocenters. The van der Waals surface area contributed by atoms with Crippen LogP contribution in [0.4, 0.5) is 5.82 Å². The number of hydrogen-bond donors (Lipinski definition) is 1. The molecule has 38 heavy (non-hydrogen) atoms. The molecule has 13 heteroatoms. The molecule has 4 heterocycles. The summed E-state index contributed by atoms with van der Waals surface area (Å²) in [7, 11) is 0. The number of carbonyl (C=O) groups excluding carboxylic acids is 2. The van der Waals surface area contributed by atoms with Gasteiger partial charge in [0, 0.05) is 17.1 Å². The first-order chi connectivity index (χ1) is 18.3. The molecule has 5 aromatic rings. The summed E-state index contributed by atoms with van der Waals surface area (Å²) in [6, 6.07) is 13.2. The van der Waals surface area contributed by atoms with E-state index in [1.807, 2.05) is 6.07 Å². The Hall–Kier alpha value is -3.70. The van der Waals surface area contributed by atoms with Crippen molar-refractivity contribution in [3.8, 4) is 11.3 Å². The number of nitrogens with zero attached hydrogens (tertiary/aromatic N) is 4. The van der Waals surface area contributed by atoms with Crippen LogP contribution in [0.25, 0.3) is 11.3 Å². The van der Waals surface area contributed by atoms with Crippen molar-refractivity contribution in [2.75, 3.05) is 5.32 Å². The molecule has 0 radical (unpaired) electrons. The Morgan fingerprint density at radius 3 is 2.58 bits per heavy atom. The number of hydrogen-bond acceptors (Lipinski definition) is 8. The van der Waals surface area contributed by atoms with E-state index in [-0.39, 0.29) is 39.1 Å². The minimum absolute atomic E-state index is 0.0232. The zero-order valence-electron chi connectivity index (χ0n) is 19.2. The third-order valence-electron chi connectivity index (χ3n) is 5.48. The number of nitrogens with one attached hydrogen (secondary N) is 1. The van der Waals surface area contributed by atoms with Gasteiger partial charge in [-0.15, -0.1) is 11.3 Å². The maximum absolute atomic E-state index is 13.4. The predicted octanol–water partition coefficient (Wildman–Crippen LogP) is 5.91. The molecule has 0 fully saturated rings. The van der Waals surface area contributed by atoms with Crippen molar-refractivity contribution in [2.24, 2.45) is 0 Å². The number of rotatable bonds is 8. The first kappa shape index (κ1) is 25.9. The van der Waals surface area contributed by atoms with Crippen LogP contribution >= 0.6 is 46.1 Å². The van der Waals surface area contributed by atoms with E-state index in [9.17, 15) is 14.4 Å². The van der Waals surface area contributed by atoms with Crippen molar-refractivity contribution in [3.05, 3.63) is 108 Å². The van der Waals surface area contributed by atoms with Crippen LogP contribution in [-0.4, -0.2) is 31.0 Å². The number of halogens is 3. The fourth-order valence-corrected chi connectivity index (χ4v) is 5.13. The van der Waals surface area contributed by atoms with E-state index in [1.165, 1.54) is 40.5 Å². The largest absolute Gasteiger partial charge is 0.451 e. The van der Waals surface area contributed by atoms with Crippen LogP contribution in [0, 0.1) is 0 Å². The Balaban J connectivity index is 1.55. The van der Waals surface area contributed by atoms with Gasteiger partial charge in [-0.1, -0.05) is 46.9 Å². The lowest BCUT2D eigenvalue weighted by Crippen LogP contribution is -2.25. The van der Waals surface area contributed by atoms with Gasteiger partial charge < -0.3 is 14.3 Å². The molecular weight excluding hydrogens is 573 g/mol. The lowest BCUT2D eigenvalue weighted by atomic mass is 10.2. The Labute approximate surface area is 234 Å². The number of anilines is 1. The zero-order chi connectivity index (χ0) is 26.8. The summed E-state index contributed by atoms with van der Waals surface area (Å²) in [4.78, 5) is 44.1. The highest BCUT2D eigenvalue weighted by Gasteiger charge is 2.23. The van der Waals surface area contributed by atoms with E-state index in [1.54, 1.807) is 30.3 Å².